The first-order valence-electron chi connectivity index (χ1n) is 11.5. The Balaban J connectivity index is 1.41. The fourth-order valence-electron chi connectivity index (χ4n) is 4.18. The molecule has 1 N–H and O–H groups in total. The summed E-state index contributed by atoms with van der Waals surface area (Å²) in [5.41, 5.74) is 3.02. The average Bonchev–Trinajstić information content (AvgIpc) is 2.86. The quantitative estimate of drug-likeness (QED) is 0.450. The lowest BCUT2D eigenvalue weighted by Crippen LogP contribution is -2.42. The Bertz CT molecular complexity index is 1320. The van der Waals surface area contributed by atoms with E-state index in [1.165, 1.54) is 4.31 Å². The number of aryl methyl sites for hydroxylation is 1. The van der Waals surface area contributed by atoms with Crippen LogP contribution in [0.25, 0.3) is 0 Å². The van der Waals surface area contributed by atoms with E-state index in [9.17, 15) is 18.0 Å². The van der Waals surface area contributed by atoms with Gasteiger partial charge in [0, 0.05) is 35.2 Å². The molecule has 0 spiro atoms. The molecule has 0 aromatic heterocycles. The molecular formula is C27H27ClN2O4S. The van der Waals surface area contributed by atoms with E-state index in [0.29, 0.717) is 34.7 Å². The summed E-state index contributed by atoms with van der Waals surface area (Å²) in [7, 11) is -3.47. The number of hydrogen-bond donors (Lipinski definition) is 1. The lowest BCUT2D eigenvalue weighted by atomic mass is 9.96. The van der Waals surface area contributed by atoms with Crippen LogP contribution < -0.4 is 5.32 Å². The SMILES string of the molecule is Cc1ccc(CS(=O)(=O)N2CCC(C(=O)Nc3ccc(Cl)cc3C(=O)c3ccccc3)CC2)cc1. The summed E-state index contributed by atoms with van der Waals surface area (Å²) in [6.07, 6.45) is 0.822. The molecule has 1 amide bonds. The summed E-state index contributed by atoms with van der Waals surface area (Å²) in [6, 6.07) is 21.0. The Morgan fingerprint density at radius 1 is 0.971 bits per heavy atom. The van der Waals surface area contributed by atoms with Gasteiger partial charge < -0.3 is 5.32 Å². The van der Waals surface area contributed by atoms with Gasteiger partial charge in [-0.05, 0) is 43.5 Å². The molecule has 6 nitrogen and oxygen atoms in total. The lowest BCUT2D eigenvalue weighted by Gasteiger charge is -2.30. The van der Waals surface area contributed by atoms with Crippen molar-refractivity contribution in [2.45, 2.75) is 25.5 Å². The largest absolute Gasteiger partial charge is 0.325 e. The van der Waals surface area contributed by atoms with Gasteiger partial charge in [0.05, 0.1) is 11.4 Å². The Morgan fingerprint density at radius 2 is 1.63 bits per heavy atom. The number of carbonyl (C=O) groups excluding carboxylic acids is 2. The normalized spacial score (nSPS) is 15.0. The molecule has 1 saturated heterocycles. The Hall–Kier alpha value is -3.00. The number of halogens is 1. The van der Waals surface area contributed by atoms with Crippen LogP contribution >= 0.6 is 11.6 Å². The van der Waals surface area contributed by atoms with Crippen molar-refractivity contribution in [3.63, 3.8) is 0 Å². The molecule has 35 heavy (non-hydrogen) atoms. The number of benzene rings is 3. The number of rotatable bonds is 7. The van der Waals surface area contributed by atoms with Crippen molar-refractivity contribution < 1.29 is 18.0 Å². The smallest absolute Gasteiger partial charge is 0.227 e. The van der Waals surface area contributed by atoms with Crippen LogP contribution in [0.2, 0.25) is 5.02 Å². The maximum atomic E-state index is 13.0. The number of carbonyl (C=O) groups is 2. The van der Waals surface area contributed by atoms with Crippen LogP contribution in [0.5, 0.6) is 0 Å². The number of ketones is 1. The van der Waals surface area contributed by atoms with Crippen molar-refractivity contribution in [3.05, 3.63) is 100 Å². The van der Waals surface area contributed by atoms with E-state index in [2.05, 4.69) is 5.32 Å². The van der Waals surface area contributed by atoms with Crippen LogP contribution in [0.3, 0.4) is 0 Å². The number of nitrogens with zero attached hydrogens (tertiary/aromatic N) is 1. The highest BCUT2D eigenvalue weighted by Gasteiger charge is 2.31. The number of amides is 1. The van der Waals surface area contributed by atoms with Crippen LogP contribution in [0.1, 0.15) is 39.9 Å². The first-order chi connectivity index (χ1) is 16.7. The topological polar surface area (TPSA) is 83.6 Å². The van der Waals surface area contributed by atoms with Gasteiger partial charge in [0.1, 0.15) is 0 Å². The van der Waals surface area contributed by atoms with E-state index in [1.54, 1.807) is 42.5 Å². The molecule has 0 unspecified atom stereocenters. The highest BCUT2D eigenvalue weighted by molar-refractivity contribution is 7.88. The van der Waals surface area contributed by atoms with Gasteiger partial charge in [0.15, 0.2) is 5.78 Å². The van der Waals surface area contributed by atoms with Crippen molar-refractivity contribution in [3.8, 4) is 0 Å². The van der Waals surface area contributed by atoms with Crippen molar-refractivity contribution in [1.29, 1.82) is 0 Å². The molecule has 8 heteroatoms. The van der Waals surface area contributed by atoms with Gasteiger partial charge in [-0.15, -0.1) is 0 Å². The second kappa shape index (κ2) is 10.7. The third-order valence-corrected chi connectivity index (χ3v) is 8.29. The first-order valence-corrected chi connectivity index (χ1v) is 13.5. The number of piperidine rings is 1. The maximum Gasteiger partial charge on any atom is 0.227 e. The zero-order valence-corrected chi connectivity index (χ0v) is 21.0. The van der Waals surface area contributed by atoms with Crippen LogP contribution in [-0.4, -0.2) is 37.5 Å². The molecule has 0 saturated carbocycles. The van der Waals surface area contributed by atoms with Crippen LogP contribution in [0.15, 0.2) is 72.8 Å². The van der Waals surface area contributed by atoms with E-state index in [4.69, 9.17) is 11.6 Å². The molecule has 1 heterocycles. The lowest BCUT2D eigenvalue weighted by molar-refractivity contribution is -0.120. The average molecular weight is 511 g/mol. The molecule has 4 rings (SSSR count). The molecule has 3 aromatic rings. The zero-order valence-electron chi connectivity index (χ0n) is 19.4. The van der Waals surface area contributed by atoms with E-state index in [1.807, 2.05) is 37.3 Å². The van der Waals surface area contributed by atoms with Gasteiger partial charge in [0.25, 0.3) is 0 Å². The summed E-state index contributed by atoms with van der Waals surface area (Å²) < 4.78 is 27.2. The maximum absolute atomic E-state index is 13.0. The summed E-state index contributed by atoms with van der Waals surface area (Å²) in [5, 5.41) is 3.27. The minimum atomic E-state index is -3.47. The highest BCUT2D eigenvalue weighted by Crippen LogP contribution is 2.27. The summed E-state index contributed by atoms with van der Waals surface area (Å²) in [4.78, 5) is 26.0. The standard InChI is InChI=1S/C27H27ClN2O4S/c1-19-7-9-20(10-8-19)18-35(33,34)30-15-13-22(14-16-30)27(32)29-25-12-11-23(28)17-24(25)26(31)21-5-3-2-4-6-21/h2-12,17,22H,13-16,18H2,1H3,(H,29,32). The van der Waals surface area contributed by atoms with Gasteiger partial charge in [-0.2, -0.15) is 0 Å². The number of hydrogen-bond acceptors (Lipinski definition) is 4. The van der Waals surface area contributed by atoms with Gasteiger partial charge in [-0.1, -0.05) is 71.8 Å². The molecule has 1 fully saturated rings. The summed E-state index contributed by atoms with van der Waals surface area (Å²) in [5.74, 6) is -0.874. The number of anilines is 1. The fourth-order valence-corrected chi connectivity index (χ4v) is 5.91. The Morgan fingerprint density at radius 3 is 2.29 bits per heavy atom. The monoisotopic (exact) mass is 510 g/mol. The molecule has 0 radical (unpaired) electrons. The van der Waals surface area contributed by atoms with E-state index in [0.717, 1.165) is 11.1 Å². The van der Waals surface area contributed by atoms with Crippen molar-refractivity contribution >= 4 is 39.0 Å². The minimum Gasteiger partial charge on any atom is -0.325 e. The van der Waals surface area contributed by atoms with Crippen molar-refractivity contribution in [2.75, 3.05) is 18.4 Å². The first kappa shape index (κ1) is 25.1. The fraction of sp³-hybridized carbons (Fsp3) is 0.259. The molecule has 1 aliphatic rings. The number of sulfonamides is 1. The molecule has 182 valence electrons. The van der Waals surface area contributed by atoms with E-state index in [-0.39, 0.29) is 36.5 Å². The Kier molecular flexibility index (Phi) is 7.69. The summed E-state index contributed by atoms with van der Waals surface area (Å²) in [6.45, 7) is 2.52. The van der Waals surface area contributed by atoms with Gasteiger partial charge >= 0.3 is 0 Å². The molecule has 3 aromatic carbocycles. The number of nitrogens with one attached hydrogen (secondary N) is 1. The summed E-state index contributed by atoms with van der Waals surface area (Å²) >= 11 is 6.13. The molecule has 0 bridgehead atoms. The molecule has 1 aliphatic heterocycles. The third-order valence-electron chi connectivity index (χ3n) is 6.21. The van der Waals surface area contributed by atoms with Crippen LogP contribution in [0, 0.1) is 12.8 Å². The van der Waals surface area contributed by atoms with Crippen LogP contribution in [-0.2, 0) is 20.6 Å². The Labute approximate surface area is 211 Å². The van der Waals surface area contributed by atoms with E-state index >= 15 is 0 Å². The van der Waals surface area contributed by atoms with Crippen LogP contribution in [0.4, 0.5) is 5.69 Å². The zero-order chi connectivity index (χ0) is 25.0. The third kappa shape index (κ3) is 6.17. The van der Waals surface area contributed by atoms with Gasteiger partial charge in [0.2, 0.25) is 15.9 Å². The van der Waals surface area contributed by atoms with Crippen molar-refractivity contribution in [2.24, 2.45) is 5.92 Å². The van der Waals surface area contributed by atoms with Crippen molar-refractivity contribution in [1.82, 2.24) is 4.31 Å². The van der Waals surface area contributed by atoms with E-state index < -0.39 is 10.0 Å². The minimum absolute atomic E-state index is 0.0557. The van der Waals surface area contributed by atoms with Gasteiger partial charge in [-0.3, -0.25) is 9.59 Å². The second-order valence-electron chi connectivity index (χ2n) is 8.79. The highest BCUT2D eigenvalue weighted by atomic mass is 35.5. The predicted octanol–water partition coefficient (Wildman–Crippen LogP) is 5.06. The predicted molar refractivity (Wildman–Crippen MR) is 138 cm³/mol. The second-order valence-corrected chi connectivity index (χ2v) is 11.2. The molecule has 0 aliphatic carbocycles. The molecular weight excluding hydrogens is 484 g/mol. The molecule has 0 atom stereocenters. The van der Waals surface area contributed by atoms with Gasteiger partial charge in [-0.25, -0.2) is 12.7 Å².